The van der Waals surface area contributed by atoms with Gasteiger partial charge in [0, 0.05) is 25.2 Å². The van der Waals surface area contributed by atoms with E-state index in [0.29, 0.717) is 19.4 Å². The van der Waals surface area contributed by atoms with Crippen molar-refractivity contribution in [2.45, 2.75) is 23.8 Å². The maximum Gasteiger partial charge on any atom is 0.270 e. The number of nitro benzene ring substituents is 1. The zero-order chi connectivity index (χ0) is 14.9. The highest BCUT2D eigenvalue weighted by atomic mass is 32.2. The summed E-state index contributed by atoms with van der Waals surface area (Å²) >= 11 is 0. The molecule has 1 fully saturated rings. The Morgan fingerprint density at radius 2 is 2.15 bits per heavy atom. The molecule has 1 unspecified atom stereocenters. The van der Waals surface area contributed by atoms with Crippen LogP contribution >= 0.6 is 0 Å². The second-order valence-corrected chi connectivity index (χ2v) is 6.23. The monoisotopic (exact) mass is 301 g/mol. The number of rotatable bonds is 3. The summed E-state index contributed by atoms with van der Waals surface area (Å²) in [5, 5.41) is 25.5. The molecular formula is C11H15N3O5S. The third kappa shape index (κ3) is 3.06. The second kappa shape index (κ2) is 5.35. The SMILES string of the molecule is NS(=O)(=O)c1cc([N+](=O)[O-])ccc1N1CCCC(O)C1. The minimum absolute atomic E-state index is 0.278. The van der Waals surface area contributed by atoms with Crippen LogP contribution in [0, 0.1) is 10.1 Å². The number of aliphatic hydroxyl groups is 1. The van der Waals surface area contributed by atoms with Gasteiger partial charge in [0.15, 0.2) is 0 Å². The summed E-state index contributed by atoms with van der Waals surface area (Å²) in [6.45, 7) is 0.845. The summed E-state index contributed by atoms with van der Waals surface area (Å²) in [6, 6.07) is 3.53. The molecule has 0 amide bonds. The Balaban J connectivity index is 2.49. The summed E-state index contributed by atoms with van der Waals surface area (Å²) in [6.07, 6.45) is 0.809. The molecule has 1 aromatic rings. The smallest absolute Gasteiger partial charge is 0.270 e. The third-order valence-electron chi connectivity index (χ3n) is 3.20. The molecule has 0 saturated carbocycles. The molecule has 0 aromatic heterocycles. The Bertz CT molecular complexity index is 631. The number of aliphatic hydroxyl groups excluding tert-OH is 1. The molecule has 8 nitrogen and oxygen atoms in total. The third-order valence-corrected chi connectivity index (χ3v) is 4.14. The highest BCUT2D eigenvalue weighted by Gasteiger charge is 2.25. The van der Waals surface area contributed by atoms with Gasteiger partial charge >= 0.3 is 0 Å². The van der Waals surface area contributed by atoms with Gasteiger partial charge in [-0.05, 0) is 18.9 Å². The molecule has 1 aromatic carbocycles. The van der Waals surface area contributed by atoms with Crippen LogP contribution in [0.15, 0.2) is 23.1 Å². The Morgan fingerprint density at radius 1 is 1.45 bits per heavy atom. The number of hydrogen-bond donors (Lipinski definition) is 2. The average Bonchev–Trinajstić information content (AvgIpc) is 2.37. The van der Waals surface area contributed by atoms with Crippen molar-refractivity contribution in [2.24, 2.45) is 5.14 Å². The van der Waals surface area contributed by atoms with E-state index in [1.54, 1.807) is 4.90 Å². The summed E-state index contributed by atoms with van der Waals surface area (Å²) in [5.41, 5.74) is -0.0489. The minimum atomic E-state index is -4.08. The predicted molar refractivity (Wildman–Crippen MR) is 71.9 cm³/mol. The Hall–Kier alpha value is -1.71. The van der Waals surface area contributed by atoms with E-state index < -0.39 is 21.1 Å². The van der Waals surface area contributed by atoms with Crippen LogP contribution in [-0.4, -0.2) is 37.6 Å². The number of piperidine rings is 1. The van der Waals surface area contributed by atoms with Crippen molar-refractivity contribution in [2.75, 3.05) is 18.0 Å². The quantitative estimate of drug-likeness (QED) is 0.606. The van der Waals surface area contributed by atoms with E-state index in [4.69, 9.17) is 5.14 Å². The molecule has 0 bridgehead atoms. The van der Waals surface area contributed by atoms with Gasteiger partial charge in [0.2, 0.25) is 10.0 Å². The second-order valence-electron chi connectivity index (χ2n) is 4.70. The van der Waals surface area contributed by atoms with E-state index in [1.165, 1.54) is 12.1 Å². The predicted octanol–water partition coefficient (Wildman–Crippen LogP) is 0.203. The van der Waals surface area contributed by atoms with Gasteiger partial charge in [0.25, 0.3) is 5.69 Å². The van der Waals surface area contributed by atoms with Crippen LogP contribution in [0.3, 0.4) is 0 Å². The number of β-amino-alcohol motifs (C(OH)–C–C–N with tert-alkyl or cyclic N) is 1. The number of non-ortho nitro benzene ring substituents is 1. The van der Waals surface area contributed by atoms with E-state index in [0.717, 1.165) is 6.07 Å². The lowest BCUT2D eigenvalue weighted by molar-refractivity contribution is -0.385. The van der Waals surface area contributed by atoms with E-state index in [9.17, 15) is 23.6 Å². The van der Waals surface area contributed by atoms with Crippen LogP contribution in [0.1, 0.15) is 12.8 Å². The van der Waals surface area contributed by atoms with Crippen LogP contribution in [0.4, 0.5) is 11.4 Å². The molecule has 9 heteroatoms. The van der Waals surface area contributed by atoms with Gasteiger partial charge in [-0.15, -0.1) is 0 Å². The van der Waals surface area contributed by atoms with E-state index in [2.05, 4.69) is 0 Å². The highest BCUT2D eigenvalue weighted by molar-refractivity contribution is 7.89. The average molecular weight is 301 g/mol. The maximum atomic E-state index is 11.6. The zero-order valence-corrected chi connectivity index (χ0v) is 11.4. The first-order chi connectivity index (χ1) is 9.29. The molecule has 1 atom stereocenters. The van der Waals surface area contributed by atoms with Crippen molar-refractivity contribution in [3.8, 4) is 0 Å². The van der Waals surface area contributed by atoms with Crippen molar-refractivity contribution in [3.05, 3.63) is 28.3 Å². The number of anilines is 1. The van der Waals surface area contributed by atoms with Gasteiger partial charge in [0.1, 0.15) is 4.90 Å². The Labute approximate surface area is 116 Å². The fraction of sp³-hybridized carbons (Fsp3) is 0.455. The van der Waals surface area contributed by atoms with Crippen molar-refractivity contribution >= 4 is 21.4 Å². The van der Waals surface area contributed by atoms with Gasteiger partial charge in [0.05, 0.1) is 16.7 Å². The normalized spacial score (nSPS) is 19.9. The van der Waals surface area contributed by atoms with Gasteiger partial charge in [-0.2, -0.15) is 0 Å². The number of nitro groups is 1. The molecule has 1 aliphatic heterocycles. The lowest BCUT2D eigenvalue weighted by Crippen LogP contribution is -2.39. The van der Waals surface area contributed by atoms with Gasteiger partial charge in [-0.25, -0.2) is 13.6 Å². The molecule has 1 aliphatic rings. The number of primary sulfonamides is 1. The van der Waals surface area contributed by atoms with Crippen LogP contribution in [0.2, 0.25) is 0 Å². The molecule has 2 rings (SSSR count). The fourth-order valence-electron chi connectivity index (χ4n) is 2.28. The van der Waals surface area contributed by atoms with Gasteiger partial charge in [-0.3, -0.25) is 10.1 Å². The summed E-state index contributed by atoms with van der Waals surface area (Å²) in [7, 11) is -4.08. The number of benzene rings is 1. The highest BCUT2D eigenvalue weighted by Crippen LogP contribution is 2.30. The molecule has 1 heterocycles. The molecular weight excluding hydrogens is 286 g/mol. The molecule has 0 radical (unpaired) electrons. The molecule has 110 valence electrons. The number of nitrogens with two attached hydrogens (primary N) is 1. The van der Waals surface area contributed by atoms with E-state index in [1.807, 2.05) is 0 Å². The number of hydrogen-bond acceptors (Lipinski definition) is 6. The van der Waals surface area contributed by atoms with Crippen LogP contribution in [-0.2, 0) is 10.0 Å². The summed E-state index contributed by atoms with van der Waals surface area (Å²) < 4.78 is 23.2. The standard InChI is InChI=1S/C11H15N3O5S/c12-20(18,19)11-6-8(14(16)17)3-4-10(11)13-5-1-2-9(15)7-13/h3-4,6,9,15H,1-2,5,7H2,(H2,12,18,19). The fourth-order valence-corrected chi connectivity index (χ4v) is 3.05. The first-order valence-electron chi connectivity index (χ1n) is 6.03. The topological polar surface area (TPSA) is 127 Å². The molecule has 3 N–H and O–H groups in total. The Morgan fingerprint density at radius 3 is 2.70 bits per heavy atom. The van der Waals surface area contributed by atoms with Gasteiger partial charge < -0.3 is 10.0 Å². The van der Waals surface area contributed by atoms with Crippen molar-refractivity contribution in [1.82, 2.24) is 0 Å². The molecule has 0 aliphatic carbocycles. The van der Waals surface area contributed by atoms with Crippen molar-refractivity contribution < 1.29 is 18.4 Å². The summed E-state index contributed by atoms with van der Waals surface area (Å²) in [5.74, 6) is 0. The first kappa shape index (κ1) is 14.7. The van der Waals surface area contributed by atoms with E-state index >= 15 is 0 Å². The van der Waals surface area contributed by atoms with Crippen molar-refractivity contribution in [3.63, 3.8) is 0 Å². The number of sulfonamides is 1. The van der Waals surface area contributed by atoms with E-state index in [-0.39, 0.29) is 22.8 Å². The lowest BCUT2D eigenvalue weighted by Gasteiger charge is -2.32. The summed E-state index contributed by atoms with van der Waals surface area (Å²) in [4.78, 5) is 11.4. The lowest BCUT2D eigenvalue weighted by atomic mass is 10.1. The molecule has 1 saturated heterocycles. The van der Waals surface area contributed by atoms with Crippen molar-refractivity contribution in [1.29, 1.82) is 0 Å². The van der Waals surface area contributed by atoms with Gasteiger partial charge in [-0.1, -0.05) is 0 Å². The van der Waals surface area contributed by atoms with Crippen LogP contribution in [0.25, 0.3) is 0 Å². The van der Waals surface area contributed by atoms with Crippen LogP contribution in [0.5, 0.6) is 0 Å². The maximum absolute atomic E-state index is 11.6. The largest absolute Gasteiger partial charge is 0.391 e. The Kier molecular flexibility index (Phi) is 3.93. The zero-order valence-electron chi connectivity index (χ0n) is 10.6. The molecule has 20 heavy (non-hydrogen) atoms. The number of nitrogens with zero attached hydrogens (tertiary/aromatic N) is 2. The minimum Gasteiger partial charge on any atom is -0.391 e. The van der Waals surface area contributed by atoms with Crippen LogP contribution < -0.4 is 10.0 Å². The first-order valence-corrected chi connectivity index (χ1v) is 7.58. The molecule has 0 spiro atoms.